The topological polar surface area (TPSA) is 125 Å². The van der Waals surface area contributed by atoms with Gasteiger partial charge in [0.25, 0.3) is 0 Å². The quantitative estimate of drug-likeness (QED) is 0.469. The van der Waals surface area contributed by atoms with Crippen LogP contribution in [0.5, 0.6) is 0 Å². The molecule has 4 N–H and O–H groups in total. The van der Waals surface area contributed by atoms with Gasteiger partial charge in [-0.1, -0.05) is 50.1 Å². The molecule has 0 aliphatic heterocycles. The van der Waals surface area contributed by atoms with Gasteiger partial charge in [0.15, 0.2) is 0 Å². The maximum Gasteiger partial charge on any atom is 0.407 e. The highest BCUT2D eigenvalue weighted by molar-refractivity contribution is 5.83. The van der Waals surface area contributed by atoms with Crippen LogP contribution in [-0.4, -0.2) is 46.9 Å². The molecular weight excluding hydrogens is 340 g/mol. The highest BCUT2D eigenvalue weighted by Crippen LogP contribution is 2.03. The van der Waals surface area contributed by atoms with Gasteiger partial charge in [0.2, 0.25) is 5.91 Å². The molecule has 0 spiro atoms. The number of aliphatic carboxylic acids is 1. The lowest BCUT2D eigenvalue weighted by Gasteiger charge is -2.16. The molecule has 8 heteroatoms. The summed E-state index contributed by atoms with van der Waals surface area (Å²) in [5.74, 6) is -1.69. The van der Waals surface area contributed by atoms with Gasteiger partial charge < -0.3 is 25.6 Å². The highest BCUT2D eigenvalue weighted by atomic mass is 16.5. The molecule has 144 valence electrons. The average Bonchev–Trinajstić information content (AvgIpc) is 2.62. The molecule has 0 saturated heterocycles. The van der Waals surface area contributed by atoms with Crippen LogP contribution in [0.1, 0.15) is 38.2 Å². The first-order valence-corrected chi connectivity index (χ1v) is 8.57. The van der Waals surface area contributed by atoms with Crippen LogP contribution in [-0.2, 0) is 20.9 Å². The molecule has 2 atom stereocenters. The van der Waals surface area contributed by atoms with E-state index in [0.29, 0.717) is 12.8 Å². The summed E-state index contributed by atoms with van der Waals surface area (Å²) in [4.78, 5) is 34.5. The number of nitrogens with one attached hydrogen (secondary N) is 2. The maximum atomic E-state index is 11.8. The smallest absolute Gasteiger partial charge is 0.407 e. The van der Waals surface area contributed by atoms with Crippen molar-refractivity contribution < 1.29 is 29.3 Å². The van der Waals surface area contributed by atoms with Crippen LogP contribution in [0.25, 0.3) is 0 Å². The number of rotatable bonds is 11. The number of carboxylic acids is 1. The van der Waals surface area contributed by atoms with Gasteiger partial charge >= 0.3 is 12.1 Å². The van der Waals surface area contributed by atoms with Crippen molar-refractivity contribution in [2.75, 3.05) is 6.54 Å². The Hall–Kier alpha value is -2.61. The zero-order valence-electron chi connectivity index (χ0n) is 14.8. The fraction of sp³-hybridized carbons (Fsp3) is 0.500. The second kappa shape index (κ2) is 11.9. The van der Waals surface area contributed by atoms with Gasteiger partial charge in [-0.25, -0.2) is 9.59 Å². The molecule has 0 heterocycles. The number of ether oxygens (including phenoxy) is 1. The van der Waals surface area contributed by atoms with Crippen molar-refractivity contribution >= 4 is 18.0 Å². The molecule has 1 rings (SSSR count). The van der Waals surface area contributed by atoms with E-state index in [-0.39, 0.29) is 19.6 Å². The number of amides is 2. The molecule has 8 nitrogen and oxygen atoms in total. The molecular formula is C18H26N2O6. The summed E-state index contributed by atoms with van der Waals surface area (Å²) in [5.41, 5.74) is 0.828. The first-order valence-electron chi connectivity index (χ1n) is 8.57. The van der Waals surface area contributed by atoms with Crippen LogP contribution in [0.4, 0.5) is 4.79 Å². The Balaban J connectivity index is 2.27. The Kier molecular flexibility index (Phi) is 9.78. The third-order valence-corrected chi connectivity index (χ3v) is 3.60. The second-order valence-electron chi connectivity index (χ2n) is 5.90. The highest BCUT2D eigenvalue weighted by Gasteiger charge is 2.21. The van der Waals surface area contributed by atoms with Crippen LogP contribution in [0, 0.1) is 0 Å². The van der Waals surface area contributed by atoms with E-state index in [1.54, 1.807) is 0 Å². The summed E-state index contributed by atoms with van der Waals surface area (Å²) < 4.78 is 4.98. The Morgan fingerprint density at radius 3 is 2.50 bits per heavy atom. The van der Waals surface area contributed by atoms with Gasteiger partial charge in [0, 0.05) is 6.54 Å². The summed E-state index contributed by atoms with van der Waals surface area (Å²) in [6.07, 6.45) is -0.335. The fourth-order valence-corrected chi connectivity index (χ4v) is 2.18. The van der Waals surface area contributed by atoms with Crippen LogP contribution in [0.2, 0.25) is 0 Å². The fourth-order valence-electron chi connectivity index (χ4n) is 2.18. The molecule has 0 fully saturated rings. The molecule has 0 aliphatic rings. The van der Waals surface area contributed by atoms with Crippen molar-refractivity contribution in [1.29, 1.82) is 0 Å². The van der Waals surface area contributed by atoms with Crippen molar-refractivity contribution in [1.82, 2.24) is 10.6 Å². The van der Waals surface area contributed by atoms with Crippen LogP contribution >= 0.6 is 0 Å². The minimum Gasteiger partial charge on any atom is -0.480 e. The van der Waals surface area contributed by atoms with E-state index < -0.39 is 30.1 Å². The normalized spacial score (nSPS) is 12.7. The number of aliphatic hydroxyl groups is 1. The van der Waals surface area contributed by atoms with Crippen LogP contribution in [0.3, 0.4) is 0 Å². The molecule has 0 aliphatic carbocycles. The Labute approximate surface area is 152 Å². The van der Waals surface area contributed by atoms with E-state index in [0.717, 1.165) is 12.0 Å². The predicted molar refractivity (Wildman–Crippen MR) is 94.3 cm³/mol. The number of hydrogen-bond acceptors (Lipinski definition) is 5. The number of carbonyl (C=O) groups is 3. The standard InChI is InChI=1S/C18H26N2O6/c1-2-3-9-15(17(23)24)20-16(22)10-14(21)11-19-18(25)26-12-13-7-5-4-6-8-13/h4-8,14-15,21H,2-3,9-12H2,1H3,(H,19,25)(H,20,22)(H,23,24)/t14-,15-/m1/s1. The Bertz CT molecular complexity index is 578. The predicted octanol–water partition coefficient (Wildman–Crippen LogP) is 1.42. The summed E-state index contributed by atoms with van der Waals surface area (Å²) in [7, 11) is 0. The molecule has 1 aromatic carbocycles. The van der Waals surface area contributed by atoms with Crippen molar-refractivity contribution in [3.63, 3.8) is 0 Å². The van der Waals surface area contributed by atoms with E-state index in [1.165, 1.54) is 0 Å². The molecule has 0 bridgehead atoms. The number of carbonyl (C=O) groups excluding carboxylic acids is 2. The zero-order chi connectivity index (χ0) is 19.4. The molecule has 26 heavy (non-hydrogen) atoms. The van der Waals surface area contributed by atoms with E-state index in [9.17, 15) is 19.5 Å². The van der Waals surface area contributed by atoms with Gasteiger partial charge in [0.05, 0.1) is 12.5 Å². The SMILES string of the molecule is CCCC[C@@H](NC(=O)C[C@@H](O)CNC(=O)OCc1ccccc1)C(=O)O. The van der Waals surface area contributed by atoms with Crippen molar-refractivity contribution in [2.24, 2.45) is 0 Å². The monoisotopic (exact) mass is 366 g/mol. The zero-order valence-corrected chi connectivity index (χ0v) is 14.8. The Morgan fingerprint density at radius 2 is 1.88 bits per heavy atom. The molecule has 0 aromatic heterocycles. The summed E-state index contributed by atoms with van der Waals surface area (Å²) in [5, 5.41) is 23.6. The van der Waals surface area contributed by atoms with Crippen molar-refractivity contribution in [2.45, 2.75) is 51.4 Å². The van der Waals surface area contributed by atoms with Crippen LogP contribution in [0.15, 0.2) is 30.3 Å². The van der Waals surface area contributed by atoms with Gasteiger partial charge in [-0.2, -0.15) is 0 Å². The lowest BCUT2D eigenvalue weighted by molar-refractivity contribution is -0.142. The summed E-state index contributed by atoms with van der Waals surface area (Å²) >= 11 is 0. The van der Waals surface area contributed by atoms with Gasteiger partial charge in [0.1, 0.15) is 12.6 Å². The van der Waals surface area contributed by atoms with Gasteiger partial charge in [-0.05, 0) is 12.0 Å². The third-order valence-electron chi connectivity index (χ3n) is 3.60. The summed E-state index contributed by atoms with van der Waals surface area (Å²) in [6.45, 7) is 1.85. The molecule has 0 saturated carbocycles. The number of unbranched alkanes of at least 4 members (excludes halogenated alkanes) is 1. The first-order chi connectivity index (χ1) is 12.4. The van der Waals surface area contributed by atoms with Crippen molar-refractivity contribution in [3.05, 3.63) is 35.9 Å². The van der Waals surface area contributed by atoms with Gasteiger partial charge in [-0.15, -0.1) is 0 Å². The largest absolute Gasteiger partial charge is 0.480 e. The maximum absolute atomic E-state index is 11.8. The molecule has 1 aromatic rings. The molecule has 2 amide bonds. The average molecular weight is 366 g/mol. The van der Waals surface area contributed by atoms with Crippen LogP contribution < -0.4 is 10.6 Å². The molecule has 0 unspecified atom stereocenters. The van der Waals surface area contributed by atoms with E-state index in [1.807, 2.05) is 37.3 Å². The van der Waals surface area contributed by atoms with E-state index >= 15 is 0 Å². The minimum atomic E-state index is -1.14. The molecule has 0 radical (unpaired) electrons. The number of alkyl carbamates (subject to hydrolysis) is 1. The van der Waals surface area contributed by atoms with Gasteiger partial charge in [-0.3, -0.25) is 4.79 Å². The summed E-state index contributed by atoms with van der Waals surface area (Å²) in [6, 6.07) is 8.14. The first kappa shape index (κ1) is 21.4. The lowest BCUT2D eigenvalue weighted by atomic mass is 10.1. The number of carboxylic acid groups (broad SMARTS) is 1. The number of aliphatic hydroxyl groups excluding tert-OH is 1. The number of benzene rings is 1. The van der Waals surface area contributed by atoms with Crippen molar-refractivity contribution in [3.8, 4) is 0 Å². The second-order valence-corrected chi connectivity index (χ2v) is 5.90. The van der Waals surface area contributed by atoms with E-state index in [2.05, 4.69) is 10.6 Å². The Morgan fingerprint density at radius 1 is 1.19 bits per heavy atom. The lowest BCUT2D eigenvalue weighted by Crippen LogP contribution is -2.43. The van der Waals surface area contributed by atoms with E-state index in [4.69, 9.17) is 9.84 Å². The third kappa shape index (κ3) is 9.03. The minimum absolute atomic E-state index is 0.0982. The number of hydrogen-bond donors (Lipinski definition) is 4.